The first kappa shape index (κ1) is 23.0. The fourth-order valence-electron chi connectivity index (χ4n) is 5.95. The maximum atomic E-state index is 3.68. The molecule has 0 saturated carbocycles. The lowest BCUT2D eigenvalue weighted by Crippen LogP contribution is -2.05. The Morgan fingerprint density at radius 1 is 0.395 bits per heavy atom. The normalized spacial score (nSPS) is 11.5. The van der Waals surface area contributed by atoms with E-state index in [-0.39, 0.29) is 5.92 Å². The number of rotatable bonds is 4. The van der Waals surface area contributed by atoms with Crippen molar-refractivity contribution >= 4 is 48.2 Å². The van der Waals surface area contributed by atoms with Gasteiger partial charge < -0.3 is 0 Å². The van der Waals surface area contributed by atoms with Crippen molar-refractivity contribution in [3.05, 3.63) is 167 Å². The molecule has 7 rings (SSSR count). The molecular formula is C37H25Br. The molecule has 1 heteroatoms. The molecule has 38 heavy (non-hydrogen) atoms. The van der Waals surface area contributed by atoms with Crippen molar-refractivity contribution in [1.82, 2.24) is 0 Å². The van der Waals surface area contributed by atoms with E-state index in [4.69, 9.17) is 0 Å². The van der Waals surface area contributed by atoms with Crippen LogP contribution in [0.15, 0.2) is 150 Å². The molecule has 180 valence electrons. The van der Waals surface area contributed by atoms with E-state index in [9.17, 15) is 0 Å². The van der Waals surface area contributed by atoms with Crippen LogP contribution in [0.3, 0.4) is 0 Å². The van der Waals surface area contributed by atoms with Crippen molar-refractivity contribution in [3.8, 4) is 11.1 Å². The quantitative estimate of drug-likeness (QED) is 0.151. The monoisotopic (exact) mass is 548 g/mol. The van der Waals surface area contributed by atoms with Crippen molar-refractivity contribution in [3.63, 3.8) is 0 Å². The zero-order chi connectivity index (χ0) is 25.5. The van der Waals surface area contributed by atoms with Crippen molar-refractivity contribution in [2.24, 2.45) is 0 Å². The van der Waals surface area contributed by atoms with E-state index < -0.39 is 0 Å². The molecule has 0 atom stereocenters. The molecular weight excluding hydrogens is 524 g/mol. The molecule has 0 fully saturated rings. The molecule has 0 heterocycles. The molecule has 0 spiro atoms. The number of halogens is 1. The molecule has 0 N–H and O–H groups in total. The van der Waals surface area contributed by atoms with Gasteiger partial charge in [-0.25, -0.2) is 0 Å². The minimum absolute atomic E-state index is 0.148. The Hall–Kier alpha value is -4.20. The summed E-state index contributed by atoms with van der Waals surface area (Å²) in [4.78, 5) is 0. The fourth-order valence-corrected chi connectivity index (χ4v) is 6.31. The highest BCUT2D eigenvalue weighted by Crippen LogP contribution is 2.41. The molecule has 0 unspecified atom stereocenters. The summed E-state index contributed by atoms with van der Waals surface area (Å²) in [5.41, 5.74) is 6.43. The van der Waals surface area contributed by atoms with Gasteiger partial charge in [-0.05, 0) is 78.3 Å². The van der Waals surface area contributed by atoms with Crippen LogP contribution in [0.4, 0.5) is 0 Å². The van der Waals surface area contributed by atoms with Crippen LogP contribution in [0, 0.1) is 0 Å². The first-order valence-corrected chi connectivity index (χ1v) is 13.8. The second kappa shape index (κ2) is 9.59. The summed E-state index contributed by atoms with van der Waals surface area (Å²) < 4.78 is 1.10. The van der Waals surface area contributed by atoms with Crippen molar-refractivity contribution < 1.29 is 0 Å². The van der Waals surface area contributed by atoms with Crippen LogP contribution in [-0.4, -0.2) is 0 Å². The first-order valence-electron chi connectivity index (χ1n) is 13.0. The molecule has 0 aliphatic carbocycles. The highest BCUT2D eigenvalue weighted by atomic mass is 79.9. The van der Waals surface area contributed by atoms with E-state index in [1.54, 1.807) is 0 Å². The molecule has 0 bridgehead atoms. The van der Waals surface area contributed by atoms with E-state index in [0.29, 0.717) is 0 Å². The van der Waals surface area contributed by atoms with Gasteiger partial charge in [0.05, 0.1) is 0 Å². The van der Waals surface area contributed by atoms with Crippen LogP contribution < -0.4 is 0 Å². The van der Waals surface area contributed by atoms with Crippen molar-refractivity contribution in [2.75, 3.05) is 0 Å². The van der Waals surface area contributed by atoms with Gasteiger partial charge in [0.2, 0.25) is 0 Å². The highest BCUT2D eigenvalue weighted by Gasteiger charge is 2.20. The number of hydrogen-bond donors (Lipinski definition) is 0. The summed E-state index contributed by atoms with van der Waals surface area (Å²) in [6.07, 6.45) is 0. The van der Waals surface area contributed by atoms with Gasteiger partial charge in [0.15, 0.2) is 0 Å². The van der Waals surface area contributed by atoms with Gasteiger partial charge in [-0.2, -0.15) is 0 Å². The molecule has 0 nitrogen and oxygen atoms in total. The van der Waals surface area contributed by atoms with Crippen LogP contribution in [0.1, 0.15) is 22.6 Å². The third kappa shape index (κ3) is 3.91. The SMILES string of the molecule is Brc1ccc2c3ccc(-c4ccccc4C(c4ccccc4)c4ccccc4)cc3c3ccccc3c2c1. The van der Waals surface area contributed by atoms with E-state index in [1.807, 2.05) is 0 Å². The van der Waals surface area contributed by atoms with Gasteiger partial charge in [0.1, 0.15) is 0 Å². The van der Waals surface area contributed by atoms with Gasteiger partial charge in [-0.15, -0.1) is 0 Å². The van der Waals surface area contributed by atoms with Gasteiger partial charge >= 0.3 is 0 Å². The van der Waals surface area contributed by atoms with Gasteiger partial charge in [0.25, 0.3) is 0 Å². The van der Waals surface area contributed by atoms with E-state index in [2.05, 4.69) is 162 Å². The standard InChI is InChI=1S/C37H25Br/c38-28-20-22-33-32-21-19-27(23-35(32)30-16-8-9-17-31(30)36(33)24-28)29-15-7-10-18-34(29)37(25-11-3-1-4-12-25)26-13-5-2-6-14-26/h1-24,37H. The fraction of sp³-hybridized carbons (Fsp3) is 0.0270. The third-order valence-corrected chi connectivity index (χ3v) is 8.14. The lowest BCUT2D eigenvalue weighted by Gasteiger charge is -2.22. The highest BCUT2D eigenvalue weighted by molar-refractivity contribution is 9.10. The zero-order valence-electron chi connectivity index (χ0n) is 20.8. The predicted molar refractivity (Wildman–Crippen MR) is 166 cm³/mol. The summed E-state index contributed by atoms with van der Waals surface area (Å²) in [6, 6.07) is 53.0. The third-order valence-electron chi connectivity index (χ3n) is 7.65. The van der Waals surface area contributed by atoms with Crippen molar-refractivity contribution in [2.45, 2.75) is 5.92 Å². The first-order chi connectivity index (χ1) is 18.8. The lowest BCUT2D eigenvalue weighted by atomic mass is 9.81. The van der Waals surface area contributed by atoms with Crippen LogP contribution in [0.5, 0.6) is 0 Å². The van der Waals surface area contributed by atoms with Gasteiger partial charge in [0, 0.05) is 10.4 Å². The molecule has 0 aliphatic heterocycles. The predicted octanol–water partition coefficient (Wildman–Crippen LogP) is 10.8. The number of benzene rings is 7. The van der Waals surface area contributed by atoms with Gasteiger partial charge in [-0.3, -0.25) is 0 Å². The van der Waals surface area contributed by atoms with Gasteiger partial charge in [-0.1, -0.05) is 143 Å². The lowest BCUT2D eigenvalue weighted by molar-refractivity contribution is 0.980. The Balaban J connectivity index is 1.50. The Bertz CT molecular complexity index is 1860. The second-order valence-electron chi connectivity index (χ2n) is 9.84. The van der Waals surface area contributed by atoms with Crippen LogP contribution >= 0.6 is 15.9 Å². The summed E-state index contributed by atoms with van der Waals surface area (Å²) in [6.45, 7) is 0. The summed E-state index contributed by atoms with van der Waals surface area (Å²) in [5.74, 6) is 0.148. The maximum absolute atomic E-state index is 3.68. The van der Waals surface area contributed by atoms with Crippen LogP contribution in [-0.2, 0) is 0 Å². The largest absolute Gasteiger partial charge is 0.0622 e. The van der Waals surface area contributed by atoms with Crippen molar-refractivity contribution in [1.29, 1.82) is 0 Å². The Kier molecular flexibility index (Phi) is 5.80. The van der Waals surface area contributed by atoms with Crippen LogP contribution in [0.2, 0.25) is 0 Å². The zero-order valence-corrected chi connectivity index (χ0v) is 22.4. The minimum Gasteiger partial charge on any atom is -0.0622 e. The van der Waals surface area contributed by atoms with Crippen LogP contribution in [0.25, 0.3) is 43.4 Å². The average molecular weight is 550 g/mol. The molecule has 0 amide bonds. The van der Waals surface area contributed by atoms with E-state index in [1.165, 1.54) is 60.1 Å². The molecule has 0 saturated heterocycles. The topological polar surface area (TPSA) is 0 Å². The number of fused-ring (bicyclic) bond motifs is 6. The van der Waals surface area contributed by atoms with E-state index in [0.717, 1.165) is 4.47 Å². The molecule has 0 aromatic heterocycles. The molecule has 0 radical (unpaired) electrons. The summed E-state index contributed by atoms with van der Waals surface area (Å²) in [7, 11) is 0. The Labute approximate surface area is 231 Å². The minimum atomic E-state index is 0.148. The molecule has 0 aliphatic rings. The summed E-state index contributed by atoms with van der Waals surface area (Å²) in [5, 5.41) is 7.72. The average Bonchev–Trinajstić information content (AvgIpc) is 2.98. The smallest absolute Gasteiger partial charge is 0.0346 e. The summed E-state index contributed by atoms with van der Waals surface area (Å²) >= 11 is 3.68. The second-order valence-corrected chi connectivity index (χ2v) is 10.8. The Morgan fingerprint density at radius 3 is 1.55 bits per heavy atom. The van der Waals surface area contributed by atoms with E-state index >= 15 is 0 Å². The Morgan fingerprint density at radius 2 is 0.895 bits per heavy atom. The molecule has 7 aromatic carbocycles. The molecule has 7 aromatic rings. The maximum Gasteiger partial charge on any atom is 0.0346 e. The number of hydrogen-bond acceptors (Lipinski definition) is 0.